The topological polar surface area (TPSA) is 85.2 Å². The largest absolute Gasteiger partial charge is 0.472 e. The number of hydrogen-bond acceptors (Lipinski definition) is 5. The van der Waals surface area contributed by atoms with Crippen LogP contribution in [0.5, 0.6) is 5.88 Å². The number of halogens is 1. The summed E-state index contributed by atoms with van der Waals surface area (Å²) in [6, 6.07) is 3.35. The molecule has 0 aromatic carbocycles. The van der Waals surface area contributed by atoms with Gasteiger partial charge in [0.2, 0.25) is 5.88 Å². The molecule has 1 fully saturated rings. The van der Waals surface area contributed by atoms with E-state index in [-0.39, 0.29) is 12.1 Å². The van der Waals surface area contributed by atoms with E-state index in [2.05, 4.69) is 20.5 Å². The van der Waals surface area contributed by atoms with E-state index in [1.54, 1.807) is 29.6 Å². The average Bonchev–Trinajstić information content (AvgIpc) is 3.09. The second-order valence-corrected chi connectivity index (χ2v) is 6.27. The van der Waals surface area contributed by atoms with Gasteiger partial charge in [0.15, 0.2) is 5.82 Å². The van der Waals surface area contributed by atoms with E-state index in [1.807, 2.05) is 11.5 Å². The first-order chi connectivity index (χ1) is 12.2. The number of pyridine rings is 1. The lowest BCUT2D eigenvalue weighted by Gasteiger charge is -2.32. The number of aromatic nitrogens is 4. The number of urea groups is 1. The first kappa shape index (κ1) is 17.5. The van der Waals surface area contributed by atoms with Gasteiger partial charge >= 0.3 is 6.03 Å². The molecule has 134 valence electrons. The van der Waals surface area contributed by atoms with Crippen molar-refractivity contribution in [2.75, 3.05) is 13.1 Å². The van der Waals surface area contributed by atoms with Gasteiger partial charge in [0.1, 0.15) is 12.4 Å². The van der Waals surface area contributed by atoms with Gasteiger partial charge < -0.3 is 19.5 Å². The van der Waals surface area contributed by atoms with Crippen LogP contribution in [0.15, 0.2) is 24.7 Å². The van der Waals surface area contributed by atoms with Crippen LogP contribution in [0.25, 0.3) is 0 Å². The first-order valence-corrected chi connectivity index (χ1v) is 8.71. The van der Waals surface area contributed by atoms with Crippen molar-refractivity contribution in [3.8, 4) is 5.88 Å². The maximum absolute atomic E-state index is 12.4. The monoisotopic (exact) mass is 364 g/mol. The lowest BCUT2D eigenvalue weighted by molar-refractivity contribution is 0.0976. The minimum absolute atomic E-state index is 0.0764. The molecular weight excluding hydrogens is 344 g/mol. The molecule has 3 rings (SSSR count). The molecule has 8 nitrogen and oxygen atoms in total. The quantitative estimate of drug-likeness (QED) is 0.878. The third-order valence-electron chi connectivity index (χ3n) is 4.09. The van der Waals surface area contributed by atoms with Gasteiger partial charge in [-0.3, -0.25) is 0 Å². The van der Waals surface area contributed by atoms with Gasteiger partial charge in [-0.2, -0.15) is 0 Å². The second-order valence-electron chi connectivity index (χ2n) is 5.83. The standard InChI is InChI=1S/C16H21ClN6O2/c1-2-22-11-20-21-14(22)9-19-16(24)23-7-3-4-13(10-23)25-15-6-5-12(17)8-18-15/h5-6,8,11,13H,2-4,7,9-10H2,1H3,(H,19,24). The Hall–Kier alpha value is -2.35. The van der Waals surface area contributed by atoms with Gasteiger partial charge in [-0.15, -0.1) is 10.2 Å². The fraction of sp³-hybridized carbons (Fsp3) is 0.500. The molecule has 2 aromatic rings. The summed E-state index contributed by atoms with van der Waals surface area (Å²) in [5.74, 6) is 1.26. The Morgan fingerprint density at radius 1 is 1.48 bits per heavy atom. The number of carbonyl (C=O) groups is 1. The minimum atomic E-state index is -0.122. The summed E-state index contributed by atoms with van der Waals surface area (Å²) in [7, 11) is 0. The second kappa shape index (κ2) is 8.15. The lowest BCUT2D eigenvalue weighted by Crippen LogP contribution is -2.48. The molecule has 1 saturated heterocycles. The fourth-order valence-corrected chi connectivity index (χ4v) is 2.88. The van der Waals surface area contributed by atoms with Crippen molar-refractivity contribution in [1.82, 2.24) is 30.0 Å². The summed E-state index contributed by atoms with van der Waals surface area (Å²) in [6.45, 7) is 4.36. The maximum atomic E-state index is 12.4. The predicted molar refractivity (Wildman–Crippen MR) is 92.4 cm³/mol. The van der Waals surface area contributed by atoms with E-state index in [0.717, 1.165) is 25.2 Å². The Morgan fingerprint density at radius 2 is 2.36 bits per heavy atom. The van der Waals surface area contributed by atoms with Crippen LogP contribution in [0.1, 0.15) is 25.6 Å². The Kier molecular flexibility index (Phi) is 5.70. The van der Waals surface area contributed by atoms with Crippen LogP contribution in [0.3, 0.4) is 0 Å². The van der Waals surface area contributed by atoms with Crippen molar-refractivity contribution in [3.05, 3.63) is 35.5 Å². The maximum Gasteiger partial charge on any atom is 0.317 e. The van der Waals surface area contributed by atoms with Crippen LogP contribution in [-0.4, -0.2) is 49.9 Å². The molecular formula is C16H21ClN6O2. The zero-order valence-electron chi connectivity index (χ0n) is 14.1. The van der Waals surface area contributed by atoms with E-state index in [4.69, 9.17) is 16.3 Å². The highest BCUT2D eigenvalue weighted by Crippen LogP contribution is 2.18. The number of piperidine rings is 1. The molecule has 1 aliphatic rings. The van der Waals surface area contributed by atoms with Crippen molar-refractivity contribution >= 4 is 17.6 Å². The van der Waals surface area contributed by atoms with Crippen molar-refractivity contribution in [3.63, 3.8) is 0 Å². The Balaban J connectivity index is 1.51. The Labute approximate surface area is 151 Å². The van der Waals surface area contributed by atoms with E-state index in [0.29, 0.717) is 30.5 Å². The summed E-state index contributed by atoms with van der Waals surface area (Å²) in [5, 5.41) is 11.3. The molecule has 0 spiro atoms. The third-order valence-corrected chi connectivity index (χ3v) is 4.31. The number of nitrogens with one attached hydrogen (secondary N) is 1. The predicted octanol–water partition coefficient (Wildman–Crippen LogP) is 2.10. The normalized spacial score (nSPS) is 17.4. The molecule has 25 heavy (non-hydrogen) atoms. The SMILES string of the molecule is CCn1cnnc1CNC(=O)N1CCCC(Oc2ccc(Cl)cn2)C1. The Bertz CT molecular complexity index is 705. The number of hydrogen-bond donors (Lipinski definition) is 1. The molecule has 1 atom stereocenters. The molecule has 2 amide bonds. The molecule has 9 heteroatoms. The van der Waals surface area contributed by atoms with Crippen LogP contribution in [0.2, 0.25) is 5.02 Å². The number of ether oxygens (including phenoxy) is 1. The van der Waals surface area contributed by atoms with Crippen LogP contribution < -0.4 is 10.1 Å². The zero-order chi connectivity index (χ0) is 17.6. The molecule has 2 aromatic heterocycles. The molecule has 3 heterocycles. The highest BCUT2D eigenvalue weighted by Gasteiger charge is 2.25. The lowest BCUT2D eigenvalue weighted by atomic mass is 10.1. The average molecular weight is 365 g/mol. The molecule has 1 aliphatic heterocycles. The number of likely N-dealkylation sites (tertiary alicyclic amines) is 1. The van der Waals surface area contributed by atoms with Gasteiger partial charge in [0.25, 0.3) is 0 Å². The number of nitrogens with zero attached hydrogens (tertiary/aromatic N) is 5. The van der Waals surface area contributed by atoms with E-state index in [1.165, 1.54) is 0 Å². The van der Waals surface area contributed by atoms with Crippen LogP contribution in [0.4, 0.5) is 4.79 Å². The van der Waals surface area contributed by atoms with Gasteiger partial charge in [0.05, 0.1) is 18.1 Å². The molecule has 0 saturated carbocycles. The minimum Gasteiger partial charge on any atom is -0.472 e. The summed E-state index contributed by atoms with van der Waals surface area (Å²) < 4.78 is 7.76. The third kappa shape index (κ3) is 4.60. The fourth-order valence-electron chi connectivity index (χ4n) is 2.77. The number of rotatable bonds is 5. The van der Waals surface area contributed by atoms with Gasteiger partial charge in [0, 0.05) is 25.4 Å². The molecule has 0 bridgehead atoms. The first-order valence-electron chi connectivity index (χ1n) is 8.33. The number of amides is 2. The Morgan fingerprint density at radius 3 is 3.12 bits per heavy atom. The van der Waals surface area contributed by atoms with Gasteiger partial charge in [-0.25, -0.2) is 9.78 Å². The molecule has 0 radical (unpaired) electrons. The molecule has 0 aliphatic carbocycles. The van der Waals surface area contributed by atoms with E-state index >= 15 is 0 Å². The summed E-state index contributed by atoms with van der Waals surface area (Å²) in [4.78, 5) is 18.3. The summed E-state index contributed by atoms with van der Waals surface area (Å²) in [6.07, 6.45) is 4.90. The van der Waals surface area contributed by atoms with Crippen LogP contribution in [-0.2, 0) is 13.1 Å². The molecule has 1 unspecified atom stereocenters. The van der Waals surface area contributed by atoms with Crippen LogP contribution >= 0.6 is 11.6 Å². The number of aryl methyl sites for hydroxylation is 1. The van der Waals surface area contributed by atoms with Crippen molar-refractivity contribution in [2.45, 2.75) is 39.0 Å². The van der Waals surface area contributed by atoms with E-state index in [9.17, 15) is 4.79 Å². The zero-order valence-corrected chi connectivity index (χ0v) is 14.8. The smallest absolute Gasteiger partial charge is 0.317 e. The number of carbonyl (C=O) groups excluding carboxylic acids is 1. The summed E-state index contributed by atoms with van der Waals surface area (Å²) >= 11 is 5.83. The summed E-state index contributed by atoms with van der Waals surface area (Å²) in [5.41, 5.74) is 0. The van der Waals surface area contributed by atoms with Crippen molar-refractivity contribution in [2.24, 2.45) is 0 Å². The highest BCUT2D eigenvalue weighted by atomic mass is 35.5. The molecule has 1 N–H and O–H groups in total. The highest BCUT2D eigenvalue weighted by molar-refractivity contribution is 6.30. The van der Waals surface area contributed by atoms with Crippen molar-refractivity contribution < 1.29 is 9.53 Å². The van der Waals surface area contributed by atoms with Crippen molar-refractivity contribution in [1.29, 1.82) is 0 Å². The van der Waals surface area contributed by atoms with Gasteiger partial charge in [-0.1, -0.05) is 11.6 Å². The van der Waals surface area contributed by atoms with Gasteiger partial charge in [-0.05, 0) is 25.8 Å². The van der Waals surface area contributed by atoms with E-state index < -0.39 is 0 Å². The van der Waals surface area contributed by atoms with Crippen LogP contribution in [0, 0.1) is 0 Å².